The van der Waals surface area contributed by atoms with Crippen LogP contribution in [-0.4, -0.2) is 10.2 Å². The number of hydrogen-bond acceptors (Lipinski definition) is 4. The molecule has 0 aliphatic rings. The molecule has 0 saturated heterocycles. The Morgan fingerprint density at radius 3 is 2.88 bits per heavy atom. The van der Waals surface area contributed by atoms with Gasteiger partial charge in [-0.15, -0.1) is 16.7 Å². The van der Waals surface area contributed by atoms with Crippen molar-refractivity contribution >= 4 is 39.2 Å². The summed E-state index contributed by atoms with van der Waals surface area (Å²) in [5.41, 5.74) is 0.637. The molecular formula is C9H6BrClFN3O. The van der Waals surface area contributed by atoms with E-state index in [0.717, 1.165) is 0 Å². The molecule has 0 fully saturated rings. The minimum absolute atomic E-state index is 0.155. The summed E-state index contributed by atoms with van der Waals surface area (Å²) in [4.78, 5) is 0. The fraction of sp³-hybridized carbons (Fsp3) is 0.111. The van der Waals surface area contributed by atoms with E-state index < -0.39 is 0 Å². The molecule has 0 saturated carbocycles. The van der Waals surface area contributed by atoms with Crippen LogP contribution in [0.5, 0.6) is 0 Å². The molecule has 1 aromatic carbocycles. The van der Waals surface area contributed by atoms with Gasteiger partial charge in [0.2, 0.25) is 5.89 Å². The molecule has 1 N–H and O–H groups in total. The van der Waals surface area contributed by atoms with E-state index in [2.05, 4.69) is 31.4 Å². The lowest BCUT2D eigenvalue weighted by Crippen LogP contribution is -1.91. The van der Waals surface area contributed by atoms with Crippen molar-refractivity contribution < 1.29 is 8.81 Å². The molecule has 0 bridgehead atoms. The molecule has 0 spiro atoms. The Labute approximate surface area is 104 Å². The summed E-state index contributed by atoms with van der Waals surface area (Å²) in [6.45, 7) is 0. The second kappa shape index (κ2) is 4.80. The van der Waals surface area contributed by atoms with Crippen LogP contribution in [0, 0.1) is 5.82 Å². The lowest BCUT2D eigenvalue weighted by Gasteiger charge is -2.01. The molecule has 16 heavy (non-hydrogen) atoms. The summed E-state index contributed by atoms with van der Waals surface area (Å²) in [6.07, 6.45) is 0. The molecule has 0 atom stereocenters. The van der Waals surface area contributed by atoms with E-state index in [1.54, 1.807) is 12.1 Å². The summed E-state index contributed by atoms with van der Waals surface area (Å²) in [7, 11) is 0. The van der Waals surface area contributed by atoms with Crippen LogP contribution in [-0.2, 0) is 5.88 Å². The third-order valence-electron chi connectivity index (χ3n) is 1.75. The molecule has 0 radical (unpaired) electrons. The predicted molar refractivity (Wildman–Crippen MR) is 61.2 cm³/mol. The van der Waals surface area contributed by atoms with Crippen LogP contribution in [0.15, 0.2) is 27.1 Å². The van der Waals surface area contributed by atoms with Crippen molar-refractivity contribution in [3.05, 3.63) is 34.4 Å². The number of alkyl halides is 1. The molecule has 2 rings (SSSR count). The molecule has 4 nitrogen and oxygen atoms in total. The minimum Gasteiger partial charge on any atom is -0.407 e. The molecule has 0 aliphatic heterocycles. The number of hydrogen-bond donors (Lipinski definition) is 1. The third-order valence-corrected chi connectivity index (χ3v) is 2.59. The summed E-state index contributed by atoms with van der Waals surface area (Å²) in [5, 5.41) is 10.2. The van der Waals surface area contributed by atoms with Gasteiger partial charge < -0.3 is 9.73 Å². The Morgan fingerprint density at radius 2 is 2.25 bits per heavy atom. The minimum atomic E-state index is -0.336. The lowest BCUT2D eigenvalue weighted by atomic mass is 10.3. The summed E-state index contributed by atoms with van der Waals surface area (Å²) in [5.74, 6) is 0.143. The van der Waals surface area contributed by atoms with Crippen LogP contribution < -0.4 is 5.32 Å². The van der Waals surface area contributed by atoms with E-state index in [-0.39, 0.29) is 17.7 Å². The summed E-state index contributed by atoms with van der Waals surface area (Å²) >= 11 is 8.58. The van der Waals surface area contributed by atoms with Gasteiger partial charge in [0.15, 0.2) is 0 Å². The van der Waals surface area contributed by atoms with Crippen molar-refractivity contribution in [3.63, 3.8) is 0 Å². The van der Waals surface area contributed by atoms with Gasteiger partial charge in [-0.3, -0.25) is 0 Å². The van der Waals surface area contributed by atoms with Crippen molar-refractivity contribution in [3.8, 4) is 0 Å². The SMILES string of the molecule is Fc1ccc(Nc2nnc(CCl)o2)cc1Br. The van der Waals surface area contributed by atoms with E-state index in [4.69, 9.17) is 16.0 Å². The van der Waals surface area contributed by atoms with E-state index in [1.165, 1.54) is 6.07 Å². The summed E-state index contributed by atoms with van der Waals surface area (Å²) < 4.78 is 18.4. The van der Waals surface area contributed by atoms with Gasteiger partial charge >= 0.3 is 6.01 Å². The van der Waals surface area contributed by atoms with Crippen molar-refractivity contribution in [2.45, 2.75) is 5.88 Å². The van der Waals surface area contributed by atoms with Crippen molar-refractivity contribution in [1.29, 1.82) is 0 Å². The lowest BCUT2D eigenvalue weighted by molar-refractivity contribution is 0.530. The second-order valence-corrected chi connectivity index (χ2v) is 4.01. The van der Waals surface area contributed by atoms with Crippen LogP contribution in [0.2, 0.25) is 0 Å². The Balaban J connectivity index is 2.17. The first-order valence-corrected chi connectivity index (χ1v) is 5.62. The highest BCUT2D eigenvalue weighted by molar-refractivity contribution is 9.10. The van der Waals surface area contributed by atoms with Crippen LogP contribution in [0.25, 0.3) is 0 Å². The zero-order valence-electron chi connectivity index (χ0n) is 7.88. The number of anilines is 2. The topological polar surface area (TPSA) is 51.0 Å². The Kier molecular flexibility index (Phi) is 3.40. The quantitative estimate of drug-likeness (QED) is 0.882. The van der Waals surface area contributed by atoms with Crippen LogP contribution >= 0.6 is 27.5 Å². The molecule has 0 unspecified atom stereocenters. The van der Waals surface area contributed by atoms with Crippen molar-refractivity contribution in [2.24, 2.45) is 0 Å². The van der Waals surface area contributed by atoms with Crippen molar-refractivity contribution in [2.75, 3.05) is 5.32 Å². The maximum absolute atomic E-state index is 13.0. The van der Waals surface area contributed by atoms with Gasteiger partial charge in [0.25, 0.3) is 0 Å². The molecule has 7 heteroatoms. The number of halogens is 3. The van der Waals surface area contributed by atoms with Gasteiger partial charge in [-0.2, -0.15) is 0 Å². The standard InChI is InChI=1S/C9H6BrClFN3O/c10-6-3-5(1-2-7(6)12)13-9-15-14-8(4-11)16-9/h1-3H,4H2,(H,13,15). The first-order chi connectivity index (χ1) is 7.69. The zero-order chi connectivity index (χ0) is 11.5. The maximum Gasteiger partial charge on any atom is 0.320 e. The molecule has 1 aromatic heterocycles. The highest BCUT2D eigenvalue weighted by Gasteiger charge is 2.06. The van der Waals surface area contributed by atoms with Gasteiger partial charge in [0.1, 0.15) is 11.7 Å². The van der Waals surface area contributed by atoms with Gasteiger partial charge in [-0.05, 0) is 34.1 Å². The predicted octanol–water partition coefficient (Wildman–Crippen LogP) is 3.45. The van der Waals surface area contributed by atoms with Crippen LogP contribution in [0.4, 0.5) is 16.1 Å². The summed E-state index contributed by atoms with van der Waals surface area (Å²) in [6, 6.07) is 4.67. The maximum atomic E-state index is 13.0. The number of rotatable bonds is 3. The Hall–Kier alpha value is -1.14. The van der Waals surface area contributed by atoms with E-state index >= 15 is 0 Å². The first-order valence-electron chi connectivity index (χ1n) is 4.29. The average Bonchev–Trinajstić information content (AvgIpc) is 2.71. The average molecular weight is 307 g/mol. The van der Waals surface area contributed by atoms with E-state index in [0.29, 0.717) is 16.1 Å². The smallest absolute Gasteiger partial charge is 0.320 e. The van der Waals surface area contributed by atoms with E-state index in [1.807, 2.05) is 0 Å². The highest BCUT2D eigenvalue weighted by atomic mass is 79.9. The monoisotopic (exact) mass is 305 g/mol. The van der Waals surface area contributed by atoms with Gasteiger partial charge in [-0.1, -0.05) is 5.10 Å². The van der Waals surface area contributed by atoms with Gasteiger partial charge in [-0.25, -0.2) is 4.39 Å². The van der Waals surface area contributed by atoms with Crippen molar-refractivity contribution in [1.82, 2.24) is 10.2 Å². The molecule has 1 heterocycles. The Morgan fingerprint density at radius 1 is 1.44 bits per heavy atom. The van der Waals surface area contributed by atoms with E-state index in [9.17, 15) is 4.39 Å². The highest BCUT2D eigenvalue weighted by Crippen LogP contribution is 2.22. The molecule has 84 valence electrons. The second-order valence-electron chi connectivity index (χ2n) is 2.89. The van der Waals surface area contributed by atoms with Gasteiger partial charge in [0.05, 0.1) is 4.47 Å². The molecule has 0 amide bonds. The largest absolute Gasteiger partial charge is 0.407 e. The molecule has 2 aromatic rings. The molecule has 0 aliphatic carbocycles. The number of nitrogens with one attached hydrogen (secondary N) is 1. The zero-order valence-corrected chi connectivity index (χ0v) is 10.2. The fourth-order valence-electron chi connectivity index (χ4n) is 1.06. The van der Waals surface area contributed by atoms with Gasteiger partial charge in [0, 0.05) is 5.69 Å². The first kappa shape index (κ1) is 11.3. The van der Waals surface area contributed by atoms with Crippen LogP contribution in [0.1, 0.15) is 5.89 Å². The molecular weight excluding hydrogens is 300 g/mol. The normalized spacial score (nSPS) is 10.4. The van der Waals surface area contributed by atoms with Crippen LogP contribution in [0.3, 0.4) is 0 Å². The number of benzene rings is 1. The number of nitrogens with zero attached hydrogens (tertiary/aromatic N) is 2. The number of aromatic nitrogens is 2. The fourth-order valence-corrected chi connectivity index (χ4v) is 1.54. The Bertz CT molecular complexity index is 505. The third kappa shape index (κ3) is 2.51.